The second-order valence-electron chi connectivity index (χ2n) is 18.4. The maximum atomic E-state index is 10.4. The highest BCUT2D eigenvalue weighted by molar-refractivity contribution is 6.17. The van der Waals surface area contributed by atoms with E-state index in [2.05, 4.69) is 142 Å². The fourth-order valence-corrected chi connectivity index (χ4v) is 9.34. The van der Waals surface area contributed by atoms with Crippen LogP contribution in [0.4, 0.5) is 11.6 Å². The van der Waals surface area contributed by atoms with Crippen LogP contribution in [0.2, 0.25) is 0 Å². The molecule has 2 unspecified atom stereocenters. The minimum Gasteiger partial charge on any atom is -0.456 e. The van der Waals surface area contributed by atoms with E-state index < -0.39 is 0 Å². The first kappa shape index (κ1) is 36.8. The minimum absolute atomic E-state index is 0.0113. The van der Waals surface area contributed by atoms with Crippen LogP contribution in [0.25, 0.3) is 72.2 Å². The van der Waals surface area contributed by atoms with Crippen LogP contribution in [0, 0.1) is 16.7 Å². The van der Waals surface area contributed by atoms with Gasteiger partial charge in [-0.1, -0.05) is 139 Å². The Hall–Kier alpha value is -7.30. The molecule has 0 N–H and O–H groups in total. The van der Waals surface area contributed by atoms with Crippen molar-refractivity contribution in [1.82, 2.24) is 19.5 Å². The first-order valence-corrected chi connectivity index (χ1v) is 21.0. The SMILES string of the molecule is CC(C)(C)C1=CC2c3cc(C(C)(C)C)ccc3N(c3nc(-c4ccccc4)nc(-c4cc(C#N)ccc4-n4c5ccccc5c5cc6c(cc54)oc4ccccc46)n3)C2C=C1. The molecular formula is C54H44N6O. The third-order valence-corrected chi connectivity index (χ3v) is 12.5. The Kier molecular flexibility index (Phi) is 8.05. The summed E-state index contributed by atoms with van der Waals surface area (Å²) in [6, 6.07) is 46.2. The van der Waals surface area contributed by atoms with Crippen LogP contribution in [0.1, 0.15) is 64.2 Å². The molecule has 2 atom stereocenters. The largest absolute Gasteiger partial charge is 0.456 e. The monoisotopic (exact) mass is 792 g/mol. The van der Waals surface area contributed by atoms with E-state index in [0.717, 1.165) is 66.2 Å². The molecule has 296 valence electrons. The van der Waals surface area contributed by atoms with Crippen LogP contribution >= 0.6 is 0 Å². The summed E-state index contributed by atoms with van der Waals surface area (Å²) in [4.78, 5) is 18.3. The van der Waals surface area contributed by atoms with Gasteiger partial charge in [-0.2, -0.15) is 15.2 Å². The van der Waals surface area contributed by atoms with Gasteiger partial charge in [0.1, 0.15) is 11.2 Å². The van der Waals surface area contributed by atoms with Crippen molar-refractivity contribution in [3.63, 3.8) is 0 Å². The zero-order valence-electron chi connectivity index (χ0n) is 35.1. The molecule has 0 saturated carbocycles. The summed E-state index contributed by atoms with van der Waals surface area (Å²) in [6.45, 7) is 13.6. The van der Waals surface area contributed by atoms with Crippen molar-refractivity contribution in [2.45, 2.75) is 58.9 Å². The van der Waals surface area contributed by atoms with Gasteiger partial charge in [-0.25, -0.2) is 4.98 Å². The van der Waals surface area contributed by atoms with Crippen molar-refractivity contribution in [2.24, 2.45) is 5.41 Å². The summed E-state index contributed by atoms with van der Waals surface area (Å²) in [7, 11) is 0. The maximum Gasteiger partial charge on any atom is 0.234 e. The zero-order valence-corrected chi connectivity index (χ0v) is 35.1. The fourth-order valence-electron chi connectivity index (χ4n) is 9.34. The summed E-state index contributed by atoms with van der Waals surface area (Å²) >= 11 is 0. The molecule has 3 aromatic heterocycles. The Labute approximate surface area is 354 Å². The molecule has 7 nitrogen and oxygen atoms in total. The van der Waals surface area contributed by atoms with E-state index in [1.54, 1.807) is 0 Å². The summed E-state index contributed by atoms with van der Waals surface area (Å²) in [5, 5.41) is 14.7. The molecule has 0 spiro atoms. The number of anilines is 2. The highest BCUT2D eigenvalue weighted by Crippen LogP contribution is 2.51. The quantitative estimate of drug-likeness (QED) is 0.176. The summed E-state index contributed by atoms with van der Waals surface area (Å²) < 4.78 is 8.72. The lowest BCUT2D eigenvalue weighted by Gasteiger charge is -2.31. The molecule has 0 bridgehead atoms. The van der Waals surface area contributed by atoms with Gasteiger partial charge in [0.05, 0.1) is 34.4 Å². The smallest absolute Gasteiger partial charge is 0.234 e. The zero-order chi connectivity index (χ0) is 41.8. The molecule has 61 heavy (non-hydrogen) atoms. The van der Waals surface area contributed by atoms with Crippen LogP contribution in [0.3, 0.4) is 0 Å². The van der Waals surface area contributed by atoms with E-state index in [9.17, 15) is 5.26 Å². The number of rotatable bonds is 4. The first-order chi connectivity index (χ1) is 29.4. The minimum atomic E-state index is -0.0522. The van der Waals surface area contributed by atoms with E-state index in [-0.39, 0.29) is 22.8 Å². The number of fused-ring (bicyclic) bond motifs is 9. The molecule has 0 fully saturated rings. The summed E-state index contributed by atoms with van der Waals surface area (Å²) in [5.74, 6) is 1.69. The molecule has 2 aliphatic rings. The number of nitrogens with zero attached hydrogens (tertiary/aromatic N) is 6. The Morgan fingerprint density at radius 3 is 2.15 bits per heavy atom. The number of hydrogen-bond donors (Lipinski definition) is 0. The molecule has 0 amide bonds. The predicted octanol–water partition coefficient (Wildman–Crippen LogP) is 13.5. The molecular weight excluding hydrogens is 749 g/mol. The number of furan rings is 1. The molecule has 11 rings (SSSR count). The third-order valence-electron chi connectivity index (χ3n) is 12.5. The Balaban J connectivity index is 1.17. The molecule has 0 radical (unpaired) electrons. The second kappa shape index (κ2) is 13.4. The van der Waals surface area contributed by atoms with Crippen LogP contribution < -0.4 is 4.90 Å². The van der Waals surface area contributed by atoms with Crippen LogP contribution in [-0.4, -0.2) is 25.6 Å². The van der Waals surface area contributed by atoms with Gasteiger partial charge in [0.15, 0.2) is 11.6 Å². The first-order valence-electron chi connectivity index (χ1n) is 21.0. The maximum absolute atomic E-state index is 10.4. The van der Waals surface area contributed by atoms with Crippen LogP contribution in [-0.2, 0) is 5.41 Å². The van der Waals surface area contributed by atoms with Crippen molar-refractivity contribution < 1.29 is 4.42 Å². The molecule has 4 heterocycles. The summed E-state index contributed by atoms with van der Waals surface area (Å²) in [6.07, 6.45) is 7.05. The lowest BCUT2D eigenvalue weighted by Crippen LogP contribution is -2.31. The Morgan fingerprint density at radius 2 is 1.36 bits per heavy atom. The van der Waals surface area contributed by atoms with Crippen molar-refractivity contribution >= 4 is 55.4 Å². The van der Waals surface area contributed by atoms with Gasteiger partial charge in [-0.3, -0.25) is 0 Å². The van der Waals surface area contributed by atoms with E-state index in [0.29, 0.717) is 23.2 Å². The lowest BCUT2D eigenvalue weighted by molar-refractivity contribution is 0.506. The number of aromatic nitrogens is 4. The van der Waals surface area contributed by atoms with E-state index in [1.165, 1.54) is 16.7 Å². The van der Waals surface area contributed by atoms with Gasteiger partial charge in [0, 0.05) is 50.3 Å². The third kappa shape index (κ3) is 5.89. The van der Waals surface area contributed by atoms with E-state index >= 15 is 0 Å². The highest BCUT2D eigenvalue weighted by atomic mass is 16.3. The molecule has 1 aliphatic carbocycles. The number of hydrogen-bond acceptors (Lipinski definition) is 6. The van der Waals surface area contributed by atoms with Gasteiger partial charge in [-0.05, 0) is 70.0 Å². The highest BCUT2D eigenvalue weighted by Gasteiger charge is 2.41. The number of para-hydroxylation sites is 2. The van der Waals surface area contributed by atoms with Crippen molar-refractivity contribution in [3.05, 3.63) is 168 Å². The predicted molar refractivity (Wildman–Crippen MR) is 248 cm³/mol. The normalized spacial score (nSPS) is 16.3. The fraction of sp³-hybridized carbons (Fsp3) is 0.185. The van der Waals surface area contributed by atoms with Gasteiger partial charge in [0.2, 0.25) is 5.95 Å². The second-order valence-corrected chi connectivity index (χ2v) is 18.4. The standard InChI is InChI=1S/C54H44N6O/c1-53(2,3)34-21-24-44-38(27-34)39-28-35(54(4,5)6)22-25-45(39)60(44)52-57-50(33-14-8-7-9-15-33)56-51(58-52)42-26-32(31-55)20-23-46(42)59-43-18-12-10-16-36(43)40-29-41-37-17-11-13-19-48(37)61-49(41)30-47(40)59/h7-30,38,44H,1-6H3. The van der Waals surface area contributed by atoms with Gasteiger partial charge < -0.3 is 13.9 Å². The average Bonchev–Trinajstić information content (AvgIpc) is 3.91. The Morgan fingerprint density at radius 1 is 0.623 bits per heavy atom. The Bertz CT molecular complexity index is 3370. The topological polar surface area (TPSA) is 83.8 Å². The van der Waals surface area contributed by atoms with Gasteiger partial charge >= 0.3 is 0 Å². The molecule has 7 heteroatoms. The molecule has 1 aliphatic heterocycles. The van der Waals surface area contributed by atoms with Gasteiger partial charge in [0.25, 0.3) is 0 Å². The van der Waals surface area contributed by atoms with Gasteiger partial charge in [-0.15, -0.1) is 0 Å². The number of allylic oxidation sites excluding steroid dienone is 2. The van der Waals surface area contributed by atoms with Crippen LogP contribution in [0.15, 0.2) is 156 Å². The average molecular weight is 793 g/mol. The van der Waals surface area contributed by atoms with E-state index in [1.807, 2.05) is 60.7 Å². The molecule has 6 aromatic carbocycles. The van der Waals surface area contributed by atoms with Crippen LogP contribution in [0.5, 0.6) is 0 Å². The van der Waals surface area contributed by atoms with Crippen molar-refractivity contribution in [3.8, 4) is 34.5 Å². The molecule has 0 saturated heterocycles. The summed E-state index contributed by atoms with van der Waals surface area (Å²) in [5.41, 5.74) is 11.5. The van der Waals surface area contributed by atoms with E-state index in [4.69, 9.17) is 19.4 Å². The number of nitriles is 1. The van der Waals surface area contributed by atoms with Crippen molar-refractivity contribution in [2.75, 3.05) is 4.90 Å². The lowest BCUT2D eigenvalue weighted by atomic mass is 9.77. The number of benzene rings is 6. The molecule has 9 aromatic rings. The van der Waals surface area contributed by atoms with Crippen molar-refractivity contribution in [1.29, 1.82) is 5.26 Å².